The molecule has 1 aromatic carbocycles. The van der Waals surface area contributed by atoms with Crippen LogP contribution >= 0.6 is 15.9 Å². The lowest BCUT2D eigenvalue weighted by molar-refractivity contribution is 0.977. The highest BCUT2D eigenvalue weighted by Gasteiger charge is 1.99. The molecule has 0 aliphatic rings. The van der Waals surface area contributed by atoms with Gasteiger partial charge in [0.25, 0.3) is 0 Å². The molecule has 2 rings (SSSR count). The van der Waals surface area contributed by atoms with Crippen LogP contribution in [0, 0.1) is 11.3 Å². The molecule has 0 saturated heterocycles. The maximum atomic E-state index is 8.85. The third-order valence-corrected chi connectivity index (χ3v) is 2.76. The summed E-state index contributed by atoms with van der Waals surface area (Å²) in [4.78, 5) is 7.00. The summed E-state index contributed by atoms with van der Waals surface area (Å²) in [6.45, 7) is 0.795. The first-order chi connectivity index (χ1) is 8.28. The zero-order valence-electron chi connectivity index (χ0n) is 9.07. The van der Waals surface area contributed by atoms with E-state index in [0.717, 1.165) is 28.8 Å². The molecule has 0 radical (unpaired) electrons. The predicted molar refractivity (Wildman–Crippen MR) is 69.6 cm³/mol. The third kappa shape index (κ3) is 3.33. The molecule has 0 bridgehead atoms. The van der Waals surface area contributed by atoms with E-state index in [1.807, 2.05) is 18.3 Å². The van der Waals surface area contributed by atoms with Gasteiger partial charge < -0.3 is 10.3 Å². The van der Waals surface area contributed by atoms with Gasteiger partial charge in [-0.25, -0.2) is 4.98 Å². The number of hydrogen-bond donors (Lipinski definition) is 2. The smallest absolute Gasteiger partial charge is 0.0992 e. The van der Waals surface area contributed by atoms with Crippen LogP contribution in [0.25, 0.3) is 0 Å². The first-order valence-corrected chi connectivity index (χ1v) is 5.99. The average molecular weight is 291 g/mol. The lowest BCUT2D eigenvalue weighted by atomic mass is 10.2. The van der Waals surface area contributed by atoms with Crippen molar-refractivity contribution in [2.24, 2.45) is 0 Å². The second-order valence-electron chi connectivity index (χ2n) is 3.59. The second kappa shape index (κ2) is 5.51. The Balaban J connectivity index is 1.95. The molecule has 0 aliphatic heterocycles. The number of rotatable bonds is 4. The Labute approximate surface area is 108 Å². The van der Waals surface area contributed by atoms with Gasteiger partial charge in [0, 0.05) is 35.0 Å². The summed E-state index contributed by atoms with van der Waals surface area (Å²) >= 11 is 3.38. The van der Waals surface area contributed by atoms with Crippen LogP contribution in [0.4, 0.5) is 5.69 Å². The molecule has 5 heteroatoms. The van der Waals surface area contributed by atoms with Crippen molar-refractivity contribution in [3.63, 3.8) is 0 Å². The molecule has 2 N–H and O–H groups in total. The number of halogens is 1. The van der Waals surface area contributed by atoms with Gasteiger partial charge in [0.2, 0.25) is 0 Å². The Morgan fingerprint density at radius 2 is 2.29 bits per heavy atom. The molecule has 2 aromatic rings. The van der Waals surface area contributed by atoms with Gasteiger partial charge in [-0.2, -0.15) is 5.26 Å². The first-order valence-electron chi connectivity index (χ1n) is 5.20. The predicted octanol–water partition coefficient (Wildman–Crippen LogP) is 2.70. The number of nitrogens with one attached hydrogen (secondary N) is 2. The molecule has 17 heavy (non-hydrogen) atoms. The van der Waals surface area contributed by atoms with E-state index in [1.54, 1.807) is 12.4 Å². The number of nitriles is 1. The van der Waals surface area contributed by atoms with Gasteiger partial charge in [0.15, 0.2) is 0 Å². The van der Waals surface area contributed by atoms with Gasteiger partial charge in [-0.1, -0.05) is 15.9 Å². The molecule has 0 saturated carbocycles. The van der Waals surface area contributed by atoms with Crippen LogP contribution in [0.3, 0.4) is 0 Å². The summed E-state index contributed by atoms with van der Waals surface area (Å²) in [5, 5.41) is 12.1. The lowest BCUT2D eigenvalue weighted by Crippen LogP contribution is -2.05. The summed E-state index contributed by atoms with van der Waals surface area (Å²) < 4.78 is 0.903. The standard InChI is InChI=1S/C12H11BrN4/c13-10-3-9(6-14)4-12(5-10)16-2-1-11-7-15-8-17-11/h3-5,7-8,16H,1-2H2,(H,15,17). The highest BCUT2D eigenvalue weighted by molar-refractivity contribution is 9.10. The minimum atomic E-state index is 0.642. The van der Waals surface area contributed by atoms with Gasteiger partial charge >= 0.3 is 0 Å². The number of H-pyrrole nitrogens is 1. The fraction of sp³-hybridized carbons (Fsp3) is 0.167. The van der Waals surface area contributed by atoms with Crippen molar-refractivity contribution < 1.29 is 0 Å². The molecule has 1 aromatic heterocycles. The van der Waals surface area contributed by atoms with Crippen molar-refractivity contribution in [2.45, 2.75) is 6.42 Å². The number of nitrogens with zero attached hydrogens (tertiary/aromatic N) is 2. The van der Waals surface area contributed by atoms with Gasteiger partial charge in [-0.15, -0.1) is 0 Å². The molecule has 4 nitrogen and oxygen atoms in total. The molecule has 0 spiro atoms. The van der Waals surface area contributed by atoms with Crippen molar-refractivity contribution in [3.05, 3.63) is 46.5 Å². The molecular formula is C12H11BrN4. The topological polar surface area (TPSA) is 64.5 Å². The quantitative estimate of drug-likeness (QED) is 0.910. The van der Waals surface area contributed by atoms with Crippen molar-refractivity contribution in [1.29, 1.82) is 5.26 Å². The molecule has 0 fully saturated rings. The maximum Gasteiger partial charge on any atom is 0.0992 e. The second-order valence-corrected chi connectivity index (χ2v) is 4.51. The highest BCUT2D eigenvalue weighted by atomic mass is 79.9. The van der Waals surface area contributed by atoms with E-state index in [-0.39, 0.29) is 0 Å². The van der Waals surface area contributed by atoms with Crippen LogP contribution in [-0.4, -0.2) is 16.5 Å². The molecule has 0 aliphatic carbocycles. The minimum absolute atomic E-state index is 0.642. The van der Waals surface area contributed by atoms with Crippen LogP contribution in [0.2, 0.25) is 0 Å². The van der Waals surface area contributed by atoms with E-state index in [9.17, 15) is 0 Å². The van der Waals surface area contributed by atoms with E-state index in [4.69, 9.17) is 5.26 Å². The highest BCUT2D eigenvalue weighted by Crippen LogP contribution is 2.19. The Bertz CT molecular complexity index is 528. The Morgan fingerprint density at radius 1 is 1.41 bits per heavy atom. The monoisotopic (exact) mass is 290 g/mol. The van der Waals surface area contributed by atoms with Gasteiger partial charge in [-0.05, 0) is 18.2 Å². The molecule has 86 valence electrons. The maximum absolute atomic E-state index is 8.85. The van der Waals surface area contributed by atoms with Crippen molar-refractivity contribution in [1.82, 2.24) is 9.97 Å². The Morgan fingerprint density at radius 3 is 3.00 bits per heavy atom. The van der Waals surface area contributed by atoms with E-state index in [2.05, 4.69) is 37.3 Å². The lowest BCUT2D eigenvalue weighted by Gasteiger charge is -2.06. The summed E-state index contributed by atoms with van der Waals surface area (Å²) in [6, 6.07) is 7.70. The third-order valence-electron chi connectivity index (χ3n) is 2.31. The largest absolute Gasteiger partial charge is 0.385 e. The first kappa shape index (κ1) is 11.7. The van der Waals surface area contributed by atoms with Crippen molar-refractivity contribution in [3.8, 4) is 6.07 Å². The fourth-order valence-electron chi connectivity index (χ4n) is 1.52. The number of aromatic amines is 1. The number of imidazole rings is 1. The van der Waals surface area contributed by atoms with Crippen LogP contribution in [0.5, 0.6) is 0 Å². The zero-order valence-corrected chi connectivity index (χ0v) is 10.7. The summed E-state index contributed by atoms with van der Waals surface area (Å²) in [5.41, 5.74) is 2.67. The molecule has 0 atom stereocenters. The van der Waals surface area contributed by atoms with Gasteiger partial charge in [0.1, 0.15) is 0 Å². The van der Waals surface area contributed by atoms with E-state index >= 15 is 0 Å². The summed E-state index contributed by atoms with van der Waals surface area (Å²) in [7, 11) is 0. The van der Waals surface area contributed by atoms with Crippen LogP contribution < -0.4 is 5.32 Å². The number of benzene rings is 1. The number of anilines is 1. The molecule has 0 unspecified atom stereocenters. The fourth-order valence-corrected chi connectivity index (χ4v) is 2.01. The number of aromatic nitrogens is 2. The summed E-state index contributed by atoms with van der Waals surface area (Å²) in [6.07, 6.45) is 4.35. The van der Waals surface area contributed by atoms with Crippen LogP contribution in [0.1, 0.15) is 11.3 Å². The Hall–Kier alpha value is -1.80. The molecule has 1 heterocycles. The van der Waals surface area contributed by atoms with E-state index in [0.29, 0.717) is 5.56 Å². The zero-order chi connectivity index (χ0) is 12.1. The number of hydrogen-bond acceptors (Lipinski definition) is 3. The molecular weight excluding hydrogens is 280 g/mol. The van der Waals surface area contributed by atoms with E-state index in [1.165, 1.54) is 0 Å². The Kier molecular flexibility index (Phi) is 3.78. The van der Waals surface area contributed by atoms with Crippen LogP contribution in [-0.2, 0) is 6.42 Å². The summed E-state index contributed by atoms with van der Waals surface area (Å²) in [5.74, 6) is 0. The van der Waals surface area contributed by atoms with Crippen LogP contribution in [0.15, 0.2) is 35.2 Å². The normalized spacial score (nSPS) is 9.88. The van der Waals surface area contributed by atoms with Crippen molar-refractivity contribution >= 4 is 21.6 Å². The molecule has 0 amide bonds. The minimum Gasteiger partial charge on any atom is -0.385 e. The average Bonchev–Trinajstić information content (AvgIpc) is 2.81. The van der Waals surface area contributed by atoms with Crippen molar-refractivity contribution in [2.75, 3.05) is 11.9 Å². The SMILES string of the molecule is N#Cc1cc(Br)cc(NCCc2cnc[nH]2)c1. The van der Waals surface area contributed by atoms with Gasteiger partial charge in [-0.3, -0.25) is 0 Å². The van der Waals surface area contributed by atoms with E-state index < -0.39 is 0 Å². The van der Waals surface area contributed by atoms with Gasteiger partial charge in [0.05, 0.1) is 18.0 Å².